The van der Waals surface area contributed by atoms with E-state index in [-0.39, 0.29) is 5.95 Å². The average molecular weight is 172 g/mol. The molecule has 0 aliphatic rings. The van der Waals surface area contributed by atoms with Gasteiger partial charge in [-0.25, -0.2) is 4.98 Å². The topological polar surface area (TPSA) is 78.7 Å². The fourth-order valence-corrected chi connectivity index (χ4v) is 1.08. The molecule has 0 saturated carbocycles. The number of nitrogens with two attached hydrogens (primary N) is 1. The molecule has 13 heavy (non-hydrogen) atoms. The molecule has 0 fully saturated rings. The number of benzene rings is 1. The van der Waals surface area contributed by atoms with Crippen LogP contribution in [0.1, 0.15) is 0 Å². The van der Waals surface area contributed by atoms with Crippen molar-refractivity contribution >= 4 is 30.3 Å². The number of rotatable bonds is 0. The molecular weight excluding hydrogens is 167 g/mol. The molecule has 0 unspecified atom stereocenters. The molecule has 0 atom stereocenters. The van der Waals surface area contributed by atoms with Crippen LogP contribution in [0.4, 0.5) is 5.95 Å². The Morgan fingerprint density at radius 2 is 2.23 bits per heavy atom. The van der Waals surface area contributed by atoms with Gasteiger partial charge in [-0.1, -0.05) is 11.5 Å². The molecule has 0 spiro atoms. The van der Waals surface area contributed by atoms with Gasteiger partial charge in [0.15, 0.2) is 0 Å². The Morgan fingerprint density at radius 3 is 3.00 bits per heavy atom. The molecule has 5 nitrogen and oxygen atoms in total. The van der Waals surface area contributed by atoms with Crippen molar-refractivity contribution in [3.63, 3.8) is 0 Å². The lowest BCUT2D eigenvalue weighted by Gasteiger charge is -1.99. The lowest BCUT2D eigenvalue weighted by atomic mass is 9.96. The molecule has 1 aromatic heterocycles. The Bertz CT molecular complexity index is 473. The van der Waals surface area contributed by atoms with E-state index in [1.54, 1.807) is 12.1 Å². The maximum atomic E-state index is 11.2. The molecule has 1 heterocycles. The predicted octanol–water partition coefficient (Wildman–Crippen LogP) is -1.36. The van der Waals surface area contributed by atoms with Crippen molar-refractivity contribution in [1.82, 2.24) is 10.1 Å². The third kappa shape index (κ3) is 1.26. The fraction of sp³-hybridized carbons (Fsp3) is 0. The first-order chi connectivity index (χ1) is 6.16. The van der Waals surface area contributed by atoms with Crippen LogP contribution in [-0.2, 0) is 0 Å². The van der Waals surface area contributed by atoms with Crippen molar-refractivity contribution in [2.24, 2.45) is 0 Å². The molecule has 1 aromatic carbocycles. The van der Waals surface area contributed by atoms with Gasteiger partial charge in [0, 0.05) is 6.07 Å². The number of anilines is 1. The van der Waals surface area contributed by atoms with Gasteiger partial charge >= 0.3 is 0 Å². The van der Waals surface area contributed by atoms with E-state index in [2.05, 4.69) is 10.1 Å². The molecular formula is C7H5BN4O. The highest BCUT2D eigenvalue weighted by Crippen LogP contribution is 2.03. The van der Waals surface area contributed by atoms with Crippen molar-refractivity contribution in [3.8, 4) is 0 Å². The zero-order valence-electron chi connectivity index (χ0n) is 6.64. The zero-order valence-corrected chi connectivity index (χ0v) is 6.64. The zero-order chi connectivity index (χ0) is 9.42. The van der Waals surface area contributed by atoms with Crippen molar-refractivity contribution in [2.45, 2.75) is 0 Å². The summed E-state index contributed by atoms with van der Waals surface area (Å²) < 4.78 is 0. The van der Waals surface area contributed by atoms with Gasteiger partial charge in [-0.3, -0.25) is 0 Å². The van der Waals surface area contributed by atoms with Gasteiger partial charge in [-0.2, -0.15) is 0 Å². The molecule has 0 aliphatic carbocycles. The molecule has 2 N–H and O–H groups in total. The summed E-state index contributed by atoms with van der Waals surface area (Å²) in [6.45, 7) is 0. The van der Waals surface area contributed by atoms with E-state index in [4.69, 9.17) is 13.6 Å². The largest absolute Gasteiger partial charge is 0.594 e. The molecule has 0 amide bonds. The second-order valence-corrected chi connectivity index (χ2v) is 2.59. The monoisotopic (exact) mass is 172 g/mol. The molecule has 6 heteroatoms. The van der Waals surface area contributed by atoms with Crippen LogP contribution in [0.25, 0.3) is 11.0 Å². The second kappa shape index (κ2) is 2.58. The number of hydrogen-bond acceptors (Lipinski definition) is 4. The highest BCUT2D eigenvalue weighted by Gasteiger charge is 2.07. The van der Waals surface area contributed by atoms with E-state index in [1.165, 1.54) is 6.07 Å². The van der Waals surface area contributed by atoms with Crippen LogP contribution >= 0.6 is 0 Å². The van der Waals surface area contributed by atoms with Crippen LogP contribution in [0.2, 0.25) is 0 Å². The van der Waals surface area contributed by atoms with Crippen LogP contribution in [0.5, 0.6) is 0 Å². The smallest absolute Gasteiger partial charge is 0.288 e. The minimum absolute atomic E-state index is 0.0488. The molecule has 2 rings (SSSR count). The molecule has 2 aromatic rings. The Kier molecular flexibility index (Phi) is 1.55. The van der Waals surface area contributed by atoms with Gasteiger partial charge < -0.3 is 10.9 Å². The number of nitrogen functional groups attached to an aromatic ring is 1. The molecule has 2 radical (unpaired) electrons. The van der Waals surface area contributed by atoms with E-state index < -0.39 is 0 Å². The summed E-state index contributed by atoms with van der Waals surface area (Å²) in [5.74, 6) is -0.0488. The highest BCUT2D eigenvalue weighted by molar-refractivity contribution is 6.32. The van der Waals surface area contributed by atoms with Crippen molar-refractivity contribution in [1.29, 1.82) is 0 Å². The van der Waals surface area contributed by atoms with Gasteiger partial charge in [0.2, 0.25) is 0 Å². The van der Waals surface area contributed by atoms with Gasteiger partial charge in [0.05, 0.1) is 5.10 Å². The number of nitrogens with zero attached hydrogens (tertiary/aromatic N) is 3. The molecule has 62 valence electrons. The predicted molar refractivity (Wildman–Crippen MR) is 48.3 cm³/mol. The van der Waals surface area contributed by atoms with Crippen LogP contribution in [0, 0.1) is 5.21 Å². The maximum Gasteiger partial charge on any atom is 0.288 e. The Balaban J connectivity index is 2.87. The van der Waals surface area contributed by atoms with Crippen LogP contribution < -0.4 is 16.0 Å². The first kappa shape index (κ1) is 7.79. The summed E-state index contributed by atoms with van der Waals surface area (Å²) in [4.78, 5) is 4.28. The van der Waals surface area contributed by atoms with Gasteiger partial charge in [0.1, 0.15) is 13.4 Å². The minimum atomic E-state index is -0.0488. The van der Waals surface area contributed by atoms with E-state index in [9.17, 15) is 5.21 Å². The molecule has 0 saturated heterocycles. The second-order valence-electron chi connectivity index (χ2n) is 2.59. The molecule has 0 bridgehead atoms. The van der Waals surface area contributed by atoms with Crippen molar-refractivity contribution < 1.29 is 4.85 Å². The van der Waals surface area contributed by atoms with Crippen molar-refractivity contribution in [3.05, 3.63) is 23.4 Å². The minimum Gasteiger partial charge on any atom is -0.594 e. The third-order valence-electron chi connectivity index (χ3n) is 1.63. The molecule has 0 aliphatic heterocycles. The SMILES string of the molecule is [B]c1ccc2nc(N)n[n+]([O-])c2c1. The van der Waals surface area contributed by atoms with Gasteiger partial charge in [0.25, 0.3) is 11.5 Å². The normalized spacial score (nSPS) is 10.5. The summed E-state index contributed by atoms with van der Waals surface area (Å²) in [6.07, 6.45) is 0. The van der Waals surface area contributed by atoms with Crippen LogP contribution in [-0.4, -0.2) is 17.9 Å². The van der Waals surface area contributed by atoms with Crippen molar-refractivity contribution in [2.75, 3.05) is 5.73 Å². The Labute approximate surface area is 75.2 Å². The lowest BCUT2D eigenvalue weighted by molar-refractivity contribution is -0.641. The van der Waals surface area contributed by atoms with Gasteiger partial charge in [-0.05, 0) is 10.9 Å². The van der Waals surface area contributed by atoms with Gasteiger partial charge in [-0.15, -0.1) is 0 Å². The lowest BCUT2D eigenvalue weighted by Crippen LogP contribution is -2.34. The Morgan fingerprint density at radius 1 is 1.46 bits per heavy atom. The summed E-state index contributed by atoms with van der Waals surface area (Å²) in [7, 11) is 5.49. The van der Waals surface area contributed by atoms with E-state index in [0.29, 0.717) is 21.3 Å². The maximum absolute atomic E-state index is 11.2. The average Bonchev–Trinajstić information content (AvgIpc) is 2.06. The number of fused-ring (bicyclic) bond motifs is 1. The third-order valence-corrected chi connectivity index (χ3v) is 1.63. The van der Waals surface area contributed by atoms with E-state index >= 15 is 0 Å². The van der Waals surface area contributed by atoms with Crippen LogP contribution in [0.15, 0.2) is 18.2 Å². The first-order valence-corrected chi connectivity index (χ1v) is 3.59. The summed E-state index contributed by atoms with van der Waals surface area (Å²) in [5, 5.41) is 14.6. The van der Waals surface area contributed by atoms with E-state index in [1.807, 2.05) is 0 Å². The standard InChI is InChI=1S/C7H5BN4O/c8-4-1-2-5-6(3-4)12(13)11-7(9)10-5/h1-3H,(H2,9,10,11). The van der Waals surface area contributed by atoms with E-state index in [0.717, 1.165) is 0 Å². The quantitative estimate of drug-likeness (QED) is 0.302. The number of hydrogen-bond donors (Lipinski definition) is 1. The Hall–Kier alpha value is -1.85. The summed E-state index contributed by atoms with van der Waals surface area (Å²) in [6, 6.07) is 4.77. The highest BCUT2D eigenvalue weighted by atomic mass is 16.5. The summed E-state index contributed by atoms with van der Waals surface area (Å²) in [5.41, 5.74) is 6.58. The van der Waals surface area contributed by atoms with Crippen LogP contribution in [0.3, 0.4) is 0 Å². The fourth-order valence-electron chi connectivity index (χ4n) is 1.08. The first-order valence-electron chi connectivity index (χ1n) is 3.59. The summed E-state index contributed by atoms with van der Waals surface area (Å²) >= 11 is 0. The number of aromatic nitrogens is 3.